The van der Waals surface area contributed by atoms with E-state index >= 15 is 0 Å². The lowest BCUT2D eigenvalue weighted by molar-refractivity contribution is -0.250. The zero-order chi connectivity index (χ0) is 36.8. The topological polar surface area (TPSA) is 167 Å². The first-order chi connectivity index (χ1) is 24.5. The van der Waals surface area contributed by atoms with Crippen LogP contribution >= 0.6 is 0 Å². The predicted molar refractivity (Wildman–Crippen MR) is 194 cm³/mol. The zero-order valence-electron chi connectivity index (χ0n) is 29.7. The first kappa shape index (κ1) is 38.5. The molecular weight excluding hydrogens is 674 g/mol. The molecule has 1 amide bonds. The number of unbranched alkanes of at least 4 members (excludes halogenated alkanes) is 2. The largest absolute Gasteiger partial charge is 0.508 e. The zero-order valence-corrected chi connectivity index (χ0v) is 30.5. The highest BCUT2D eigenvalue weighted by molar-refractivity contribution is 7.89. The maximum Gasteiger partial charge on any atom is 0.243 e. The Hall–Kier alpha value is -3.75. The van der Waals surface area contributed by atoms with Crippen LogP contribution in [0.1, 0.15) is 70.3 Å². The fourth-order valence-electron chi connectivity index (χ4n) is 8.10. The molecule has 12 nitrogen and oxygen atoms in total. The third kappa shape index (κ3) is 7.87. The van der Waals surface area contributed by atoms with E-state index in [1.54, 1.807) is 36.4 Å². The van der Waals surface area contributed by atoms with Crippen molar-refractivity contribution in [2.24, 2.45) is 22.9 Å². The van der Waals surface area contributed by atoms with Crippen molar-refractivity contribution in [3.05, 3.63) is 72.3 Å². The minimum Gasteiger partial charge on any atom is -0.508 e. The van der Waals surface area contributed by atoms with Gasteiger partial charge in [-0.1, -0.05) is 30.1 Å². The van der Waals surface area contributed by atoms with E-state index in [0.29, 0.717) is 36.6 Å². The van der Waals surface area contributed by atoms with Gasteiger partial charge in [0.1, 0.15) is 18.1 Å². The van der Waals surface area contributed by atoms with Crippen LogP contribution in [-0.4, -0.2) is 85.0 Å². The molecule has 0 saturated heterocycles. The summed E-state index contributed by atoms with van der Waals surface area (Å²) in [4.78, 5) is 17.3. The third-order valence-electron chi connectivity index (χ3n) is 10.3. The van der Waals surface area contributed by atoms with Crippen molar-refractivity contribution in [3.8, 4) is 11.5 Å². The maximum atomic E-state index is 14.5. The number of benzene rings is 2. The number of hydrogen-bond acceptors (Lipinski definition) is 10. The van der Waals surface area contributed by atoms with Crippen LogP contribution in [0.5, 0.6) is 11.5 Å². The second-order valence-corrected chi connectivity index (χ2v) is 15.4. The molecule has 0 spiro atoms. The number of oxime groups is 1. The number of aromatic hydroxyl groups is 1. The molecule has 1 aliphatic heterocycles. The summed E-state index contributed by atoms with van der Waals surface area (Å²) < 4.78 is 44.0. The highest BCUT2D eigenvalue weighted by atomic mass is 32.2. The van der Waals surface area contributed by atoms with Crippen LogP contribution in [0.4, 0.5) is 5.69 Å². The van der Waals surface area contributed by atoms with Crippen molar-refractivity contribution in [3.63, 3.8) is 0 Å². The Bertz CT molecular complexity index is 1710. The summed E-state index contributed by atoms with van der Waals surface area (Å²) >= 11 is 0. The Morgan fingerprint density at radius 1 is 1.12 bits per heavy atom. The first-order valence-electron chi connectivity index (χ1n) is 17.8. The summed E-state index contributed by atoms with van der Waals surface area (Å²) in [5.41, 5.74) is 2.70. The molecule has 278 valence electrons. The molecule has 2 aliphatic carbocycles. The quantitative estimate of drug-likeness (QED) is 0.0959. The summed E-state index contributed by atoms with van der Waals surface area (Å²) in [5.74, 6) is -2.09. The second kappa shape index (κ2) is 16.7. The summed E-state index contributed by atoms with van der Waals surface area (Å²) in [6.07, 6.45) is 8.30. The van der Waals surface area contributed by atoms with Crippen molar-refractivity contribution in [2.75, 3.05) is 38.8 Å². The molecule has 6 atom stereocenters. The average molecular weight is 726 g/mol. The van der Waals surface area contributed by atoms with Crippen LogP contribution in [0.25, 0.3) is 0 Å². The number of allylic oxidation sites excluding steroid dienone is 1. The smallest absolute Gasteiger partial charge is 0.243 e. The lowest BCUT2D eigenvalue weighted by atomic mass is 9.55. The van der Waals surface area contributed by atoms with E-state index in [-0.39, 0.29) is 60.5 Å². The molecule has 13 heteroatoms. The highest BCUT2D eigenvalue weighted by Gasteiger charge is 2.65. The van der Waals surface area contributed by atoms with E-state index in [1.807, 2.05) is 6.92 Å². The van der Waals surface area contributed by atoms with Crippen molar-refractivity contribution < 1.29 is 42.8 Å². The number of aliphatic hydroxyl groups is 2. The minimum atomic E-state index is -4.18. The molecule has 2 aromatic carbocycles. The van der Waals surface area contributed by atoms with Crippen LogP contribution in [0.2, 0.25) is 0 Å². The highest BCUT2D eigenvalue weighted by Crippen LogP contribution is 2.62. The van der Waals surface area contributed by atoms with Gasteiger partial charge >= 0.3 is 0 Å². The molecule has 3 aliphatic rings. The molecule has 51 heavy (non-hydrogen) atoms. The van der Waals surface area contributed by atoms with Gasteiger partial charge in [0.05, 0.1) is 29.2 Å². The number of fused-ring (bicyclic) bond motifs is 2. The summed E-state index contributed by atoms with van der Waals surface area (Å²) in [7, 11) is -2.67. The number of nitrogens with one attached hydrogen (secondary N) is 1. The van der Waals surface area contributed by atoms with E-state index in [2.05, 4.69) is 23.1 Å². The number of ether oxygens (including phenoxy) is 2. The number of rotatable bonds is 17. The van der Waals surface area contributed by atoms with Crippen molar-refractivity contribution in [2.45, 2.75) is 81.4 Å². The molecule has 0 bridgehead atoms. The van der Waals surface area contributed by atoms with Crippen LogP contribution in [0, 0.1) is 17.8 Å². The fraction of sp³-hybridized carbons (Fsp3) is 0.526. The second-order valence-electron chi connectivity index (χ2n) is 13.4. The molecule has 4 N–H and O–H groups in total. The molecule has 1 fully saturated rings. The molecule has 0 unspecified atom stereocenters. The minimum absolute atomic E-state index is 0.00419. The van der Waals surface area contributed by atoms with Gasteiger partial charge in [-0.2, -0.15) is 4.31 Å². The number of sulfonamides is 1. The van der Waals surface area contributed by atoms with Crippen LogP contribution in [0.15, 0.2) is 76.8 Å². The van der Waals surface area contributed by atoms with Gasteiger partial charge in [0.2, 0.25) is 21.7 Å². The number of aliphatic hydroxyl groups excluding tert-OH is 2. The average Bonchev–Trinajstić information content (AvgIpc) is 3.11. The SMILES string of the molecule is C=CCO[C@@]12Oc3ccc(O)cc3[C@H]3[C@H](CCCCO)[C@@H](CCCCO)C=C(C(=NOCC)C[C@@H]1N(C)S(=O)(=O)c1ccc(NC(C)=O)cc1)[C@H]32. The molecule has 1 saturated carbocycles. The first-order valence-corrected chi connectivity index (χ1v) is 19.2. The fourth-order valence-corrected chi connectivity index (χ4v) is 9.47. The number of carbonyl (C=O) groups is 1. The number of hydrogen-bond donors (Lipinski definition) is 4. The number of nitrogens with zero attached hydrogens (tertiary/aromatic N) is 2. The molecule has 0 radical (unpaired) electrons. The van der Waals surface area contributed by atoms with Gasteiger partial charge in [-0.3, -0.25) is 4.79 Å². The Kier molecular flexibility index (Phi) is 12.6. The van der Waals surface area contributed by atoms with Crippen molar-refractivity contribution in [1.82, 2.24) is 4.31 Å². The Balaban J connectivity index is 1.73. The normalized spacial score (nSPS) is 26.1. The Morgan fingerprint density at radius 2 is 1.82 bits per heavy atom. The van der Waals surface area contributed by atoms with Gasteiger partial charge in [-0.05, 0) is 92.5 Å². The number of likely N-dealkylation sites (N-methyl/N-ethyl adjacent to an activating group) is 1. The molecule has 2 aromatic rings. The molecule has 1 heterocycles. The number of phenolic OH excluding ortho intramolecular Hbond substituents is 1. The summed E-state index contributed by atoms with van der Waals surface area (Å²) in [6, 6.07) is 10.0. The molecule has 5 rings (SSSR count). The van der Waals surface area contributed by atoms with E-state index in [9.17, 15) is 28.5 Å². The van der Waals surface area contributed by atoms with E-state index in [1.165, 1.54) is 30.4 Å². The Labute approximate surface area is 300 Å². The van der Waals surface area contributed by atoms with Crippen LogP contribution < -0.4 is 10.1 Å². The van der Waals surface area contributed by atoms with Crippen LogP contribution in [0.3, 0.4) is 0 Å². The lowest BCUT2D eigenvalue weighted by Gasteiger charge is -2.59. The summed E-state index contributed by atoms with van der Waals surface area (Å²) in [5, 5.41) is 37.4. The van der Waals surface area contributed by atoms with E-state index in [0.717, 1.165) is 36.8 Å². The maximum absolute atomic E-state index is 14.5. The lowest BCUT2D eigenvalue weighted by Crippen LogP contribution is -2.69. The van der Waals surface area contributed by atoms with Crippen molar-refractivity contribution in [1.29, 1.82) is 0 Å². The van der Waals surface area contributed by atoms with Gasteiger partial charge in [-0.15, -0.1) is 6.58 Å². The standard InChI is InChI=1S/C38H51N3O9S/c1-5-21-48-38-35(41(4)51(46,47)29-16-13-27(14-17-29)39-25(3)44)24-33(40-49-6-2)31-22-26(11-7-9-19-42)30(12-8-10-20-43)36(37(31)38)32-23-28(45)15-18-34(32)50-38/h5,13-18,22-23,26,30,35-37,42-43,45H,1,6-12,19-21,24H2,2-4H3,(H,39,44)/t26-,30+,35-,36+,37+,38+/m0/s1. The van der Waals surface area contributed by atoms with Gasteiger partial charge < -0.3 is 34.9 Å². The van der Waals surface area contributed by atoms with E-state index < -0.39 is 27.8 Å². The Morgan fingerprint density at radius 3 is 2.47 bits per heavy atom. The number of amides is 1. The van der Waals surface area contributed by atoms with Gasteiger partial charge in [0, 0.05) is 50.8 Å². The van der Waals surface area contributed by atoms with Gasteiger partial charge in [0.15, 0.2) is 0 Å². The molecular formula is C38H51N3O9S. The van der Waals surface area contributed by atoms with Crippen LogP contribution in [-0.2, 0) is 24.4 Å². The molecule has 0 aromatic heterocycles. The van der Waals surface area contributed by atoms with Crippen molar-refractivity contribution >= 4 is 27.3 Å². The van der Waals surface area contributed by atoms with E-state index in [4.69, 9.17) is 14.3 Å². The monoisotopic (exact) mass is 725 g/mol. The third-order valence-corrected chi connectivity index (χ3v) is 12.1. The van der Waals surface area contributed by atoms with Gasteiger partial charge in [0.25, 0.3) is 0 Å². The number of phenols is 1. The van der Waals surface area contributed by atoms with Gasteiger partial charge in [-0.25, -0.2) is 8.42 Å². The number of anilines is 1. The predicted octanol–water partition coefficient (Wildman–Crippen LogP) is 5.32. The summed E-state index contributed by atoms with van der Waals surface area (Å²) in [6.45, 7) is 7.63. The number of carbonyl (C=O) groups excluding carboxylic acids is 1.